The lowest BCUT2D eigenvalue weighted by Crippen LogP contribution is -2.40. The number of benzene rings is 3. The van der Waals surface area contributed by atoms with Crippen molar-refractivity contribution in [3.63, 3.8) is 0 Å². The summed E-state index contributed by atoms with van der Waals surface area (Å²) in [5.41, 5.74) is 3.25. The molecule has 0 unspecified atom stereocenters. The van der Waals surface area contributed by atoms with Gasteiger partial charge in [-0.2, -0.15) is 5.10 Å². The molecule has 3 rings (SSSR count). The third-order valence-electron chi connectivity index (χ3n) is 5.63. The molecule has 38 heavy (non-hydrogen) atoms. The molecule has 3 aromatic rings. The molecule has 0 spiro atoms. The number of hydrogen-bond acceptors (Lipinski definition) is 5. The third-order valence-corrected chi connectivity index (χ3v) is 5.63. The van der Waals surface area contributed by atoms with E-state index in [1.807, 2.05) is 38.3 Å². The van der Waals surface area contributed by atoms with Crippen molar-refractivity contribution in [1.82, 2.24) is 9.91 Å². The number of terminal acetylenes is 2. The number of urea groups is 1. The van der Waals surface area contributed by atoms with Gasteiger partial charge in [-0.15, -0.1) is 12.8 Å². The average Bonchev–Trinajstić information content (AvgIpc) is 2.93. The summed E-state index contributed by atoms with van der Waals surface area (Å²) in [4.78, 5) is 30.0. The Bertz CT molecular complexity index is 1360. The predicted molar refractivity (Wildman–Crippen MR) is 154 cm³/mol. The summed E-state index contributed by atoms with van der Waals surface area (Å²) >= 11 is 0. The molecule has 7 nitrogen and oxygen atoms in total. The van der Waals surface area contributed by atoms with Gasteiger partial charge in [0.05, 0.1) is 11.9 Å². The molecule has 0 saturated carbocycles. The van der Waals surface area contributed by atoms with Gasteiger partial charge in [0.15, 0.2) is 0 Å². The largest absolute Gasteiger partial charge is 0.333 e. The smallest absolute Gasteiger partial charge is 0.309 e. The number of hydrazone groups is 1. The first kappa shape index (κ1) is 27.7. The number of amides is 3. The second-order valence-corrected chi connectivity index (χ2v) is 8.89. The first-order chi connectivity index (χ1) is 18.3. The topological polar surface area (TPSA) is 68.2 Å². The minimum Gasteiger partial charge on any atom is -0.309 e. The van der Waals surface area contributed by atoms with Gasteiger partial charge in [-0.1, -0.05) is 30.0 Å². The van der Waals surface area contributed by atoms with Gasteiger partial charge >= 0.3 is 6.03 Å². The van der Waals surface area contributed by atoms with Gasteiger partial charge in [0.25, 0.3) is 5.91 Å². The van der Waals surface area contributed by atoms with Gasteiger partial charge in [0.2, 0.25) is 0 Å². The third kappa shape index (κ3) is 7.83. The van der Waals surface area contributed by atoms with Crippen molar-refractivity contribution in [2.75, 3.05) is 44.4 Å². The van der Waals surface area contributed by atoms with E-state index in [0.717, 1.165) is 30.0 Å². The highest BCUT2D eigenvalue weighted by atomic mass is 16.2. The summed E-state index contributed by atoms with van der Waals surface area (Å²) in [6.07, 6.45) is 13.7. The maximum Gasteiger partial charge on any atom is 0.333 e. The van der Waals surface area contributed by atoms with E-state index in [-0.39, 0.29) is 5.56 Å². The summed E-state index contributed by atoms with van der Waals surface area (Å²) in [6, 6.07) is 19.8. The highest BCUT2D eigenvalue weighted by Crippen LogP contribution is 2.21. The van der Waals surface area contributed by atoms with Crippen LogP contribution in [-0.4, -0.2) is 62.3 Å². The predicted octanol–water partition coefficient (Wildman–Crippen LogP) is 4.75. The van der Waals surface area contributed by atoms with Crippen LogP contribution in [0.2, 0.25) is 0 Å². The minimum atomic E-state index is -0.614. The number of nitrogens with one attached hydrogen (secondary N) is 1. The van der Waals surface area contributed by atoms with Crippen molar-refractivity contribution < 1.29 is 9.59 Å². The first-order valence-electron chi connectivity index (χ1n) is 12.1. The zero-order valence-electron chi connectivity index (χ0n) is 21.9. The van der Waals surface area contributed by atoms with Crippen LogP contribution in [-0.2, 0) is 0 Å². The normalized spacial score (nSPS) is 10.6. The van der Waals surface area contributed by atoms with Gasteiger partial charge in [0, 0.05) is 36.0 Å². The number of rotatable bonds is 9. The molecule has 0 aliphatic heterocycles. The lowest BCUT2D eigenvalue weighted by molar-refractivity contribution is 0.0995. The fraction of sp³-hybridized carbons (Fsp3) is 0.194. The number of nitrogens with zero attached hydrogens (tertiary/aromatic N) is 4. The summed E-state index contributed by atoms with van der Waals surface area (Å²) in [5.74, 6) is 4.53. The monoisotopic (exact) mass is 505 g/mol. The van der Waals surface area contributed by atoms with Crippen molar-refractivity contribution in [2.24, 2.45) is 5.10 Å². The Morgan fingerprint density at radius 1 is 0.895 bits per heavy atom. The second-order valence-electron chi connectivity index (χ2n) is 8.89. The minimum absolute atomic E-state index is 0.290. The highest BCUT2D eigenvalue weighted by molar-refractivity contribution is 6.23. The quantitative estimate of drug-likeness (QED) is 0.259. The molecule has 0 aliphatic carbocycles. The van der Waals surface area contributed by atoms with Crippen LogP contribution in [0.25, 0.3) is 0 Å². The lowest BCUT2D eigenvalue weighted by Gasteiger charge is -2.22. The Morgan fingerprint density at radius 2 is 1.58 bits per heavy atom. The van der Waals surface area contributed by atoms with Crippen LogP contribution in [0.3, 0.4) is 0 Å². The molecule has 3 amide bonds. The molecule has 0 atom stereocenters. The van der Waals surface area contributed by atoms with Crippen LogP contribution in [0.5, 0.6) is 0 Å². The van der Waals surface area contributed by atoms with E-state index in [0.29, 0.717) is 22.5 Å². The van der Waals surface area contributed by atoms with Gasteiger partial charge in [-0.3, -0.25) is 4.79 Å². The molecule has 0 heterocycles. The first-order valence-corrected chi connectivity index (χ1v) is 12.1. The van der Waals surface area contributed by atoms with Gasteiger partial charge in [-0.25, -0.2) is 9.69 Å². The number of anilines is 2. The van der Waals surface area contributed by atoms with Crippen molar-refractivity contribution in [1.29, 1.82) is 0 Å². The van der Waals surface area contributed by atoms with Crippen molar-refractivity contribution >= 4 is 29.5 Å². The highest BCUT2D eigenvalue weighted by Gasteiger charge is 2.25. The Balaban J connectivity index is 1.76. The average molecular weight is 506 g/mol. The van der Waals surface area contributed by atoms with E-state index < -0.39 is 11.9 Å². The maximum atomic E-state index is 13.4. The summed E-state index contributed by atoms with van der Waals surface area (Å²) in [6.45, 7) is 1.84. The van der Waals surface area contributed by atoms with E-state index in [2.05, 4.69) is 27.2 Å². The van der Waals surface area contributed by atoms with E-state index >= 15 is 0 Å². The maximum absolute atomic E-state index is 13.4. The van der Waals surface area contributed by atoms with Crippen molar-refractivity contribution in [2.45, 2.75) is 6.42 Å². The standard InChI is InChI=1S/C31H31N5O2/c1-6-24-14-18-29(19-15-24)36(30(37)27-11-8-10-25(7-2)22-27)31(38)33-28-16-12-26(13-17-28)23-32-35(5)21-9-20-34(3)4/h1-2,8,10-19,22-23H,9,20-21H2,3-5H3,(H,33,38). The van der Waals surface area contributed by atoms with Gasteiger partial charge < -0.3 is 15.2 Å². The van der Waals surface area contributed by atoms with Gasteiger partial charge in [-0.05, 0) is 87.2 Å². The summed E-state index contributed by atoms with van der Waals surface area (Å²) < 4.78 is 0. The van der Waals surface area contributed by atoms with Gasteiger partial charge in [0.1, 0.15) is 0 Å². The van der Waals surface area contributed by atoms with E-state index in [4.69, 9.17) is 12.8 Å². The molecule has 7 heteroatoms. The Morgan fingerprint density at radius 3 is 2.21 bits per heavy atom. The summed E-state index contributed by atoms with van der Waals surface area (Å²) in [5, 5.41) is 9.15. The zero-order chi connectivity index (χ0) is 27.5. The molecular weight excluding hydrogens is 474 g/mol. The number of imide groups is 1. The zero-order valence-corrected chi connectivity index (χ0v) is 21.9. The number of hydrogen-bond donors (Lipinski definition) is 1. The SMILES string of the molecule is C#Cc1ccc(N(C(=O)Nc2ccc(C=NN(C)CCCN(C)C)cc2)C(=O)c2cccc(C#C)c2)cc1. The lowest BCUT2D eigenvalue weighted by atomic mass is 10.1. The molecule has 0 saturated heterocycles. The van der Waals surface area contributed by atoms with E-state index in [1.54, 1.807) is 66.9 Å². The van der Waals surface area contributed by atoms with E-state index in [1.165, 1.54) is 0 Å². The molecule has 0 radical (unpaired) electrons. The number of carbonyl (C=O) groups is 2. The van der Waals surface area contributed by atoms with Crippen LogP contribution < -0.4 is 10.2 Å². The van der Waals surface area contributed by atoms with Crippen LogP contribution >= 0.6 is 0 Å². The number of carbonyl (C=O) groups excluding carboxylic acids is 2. The molecule has 0 aromatic heterocycles. The molecule has 1 N–H and O–H groups in total. The van der Waals surface area contributed by atoms with Crippen molar-refractivity contribution in [3.8, 4) is 24.7 Å². The molecule has 0 fully saturated rings. The van der Waals surface area contributed by atoms with Crippen LogP contribution in [0.15, 0.2) is 77.9 Å². The second kappa shape index (κ2) is 13.5. The Kier molecular flexibility index (Phi) is 9.82. The van der Waals surface area contributed by atoms with Crippen LogP contribution in [0, 0.1) is 24.7 Å². The summed E-state index contributed by atoms with van der Waals surface area (Å²) in [7, 11) is 6.02. The van der Waals surface area contributed by atoms with Crippen molar-refractivity contribution in [3.05, 3.63) is 95.1 Å². The fourth-order valence-electron chi connectivity index (χ4n) is 3.58. The van der Waals surface area contributed by atoms with E-state index in [9.17, 15) is 9.59 Å². The Labute approximate surface area is 224 Å². The van der Waals surface area contributed by atoms with Crippen LogP contribution in [0.1, 0.15) is 33.5 Å². The molecule has 3 aromatic carbocycles. The molecule has 0 bridgehead atoms. The fourth-order valence-corrected chi connectivity index (χ4v) is 3.58. The molecule has 192 valence electrons. The molecule has 0 aliphatic rings. The van der Waals surface area contributed by atoms with Crippen LogP contribution in [0.4, 0.5) is 16.2 Å². The molecular formula is C31H31N5O2. The Hall–Kier alpha value is -4.85.